The Labute approximate surface area is 213 Å². The van der Waals surface area contributed by atoms with E-state index >= 15 is 0 Å². The topological polar surface area (TPSA) is 113 Å². The fourth-order valence-electron chi connectivity index (χ4n) is 3.78. The molecule has 4 rings (SSSR count). The van der Waals surface area contributed by atoms with Crippen molar-refractivity contribution in [1.82, 2.24) is 15.6 Å². The van der Waals surface area contributed by atoms with Crippen LogP contribution in [-0.2, 0) is 9.53 Å². The quantitative estimate of drug-likeness (QED) is 0.285. The SMILES string of the molecule is CCOC(=O)C1=C(C(=O)c2ccc(OC)cc2)C(c2cccc(-c3ccc(C#N)cc3)n2)NC(=S)N1. The number of ether oxygens (including phenoxy) is 2. The number of hydrogen-bond donors (Lipinski definition) is 2. The second-order valence-corrected chi connectivity index (χ2v) is 8.14. The second-order valence-electron chi connectivity index (χ2n) is 7.74. The van der Waals surface area contributed by atoms with Gasteiger partial charge in [-0.1, -0.05) is 18.2 Å². The zero-order chi connectivity index (χ0) is 25.7. The summed E-state index contributed by atoms with van der Waals surface area (Å²) in [7, 11) is 1.54. The van der Waals surface area contributed by atoms with Crippen LogP contribution in [0.4, 0.5) is 0 Å². The molecule has 180 valence electrons. The smallest absolute Gasteiger partial charge is 0.355 e. The molecule has 2 aromatic carbocycles. The molecule has 1 unspecified atom stereocenters. The maximum absolute atomic E-state index is 13.7. The van der Waals surface area contributed by atoms with E-state index in [0.29, 0.717) is 28.3 Å². The van der Waals surface area contributed by atoms with Crippen LogP contribution in [-0.4, -0.2) is 35.6 Å². The number of carbonyl (C=O) groups excluding carboxylic acids is 2. The van der Waals surface area contributed by atoms with Crippen molar-refractivity contribution < 1.29 is 19.1 Å². The van der Waals surface area contributed by atoms with Gasteiger partial charge in [-0.25, -0.2) is 4.79 Å². The van der Waals surface area contributed by atoms with E-state index in [1.165, 1.54) is 7.11 Å². The predicted octanol–water partition coefficient (Wildman–Crippen LogP) is 3.85. The number of nitriles is 1. The number of methoxy groups -OCH3 is 1. The van der Waals surface area contributed by atoms with Gasteiger partial charge in [-0.15, -0.1) is 0 Å². The van der Waals surface area contributed by atoms with Crippen molar-refractivity contribution in [3.63, 3.8) is 0 Å². The Morgan fingerprint density at radius 2 is 1.81 bits per heavy atom. The van der Waals surface area contributed by atoms with Crippen LogP contribution in [0.25, 0.3) is 11.3 Å². The number of nitrogens with zero attached hydrogens (tertiary/aromatic N) is 2. The number of nitrogens with one attached hydrogen (secondary N) is 2. The minimum atomic E-state index is -0.814. The summed E-state index contributed by atoms with van der Waals surface area (Å²) in [4.78, 5) is 31.4. The lowest BCUT2D eigenvalue weighted by Crippen LogP contribution is -2.48. The summed E-state index contributed by atoms with van der Waals surface area (Å²) < 4.78 is 10.4. The molecule has 8 nitrogen and oxygen atoms in total. The van der Waals surface area contributed by atoms with Crippen molar-refractivity contribution in [1.29, 1.82) is 5.26 Å². The number of rotatable bonds is 7. The maximum Gasteiger partial charge on any atom is 0.355 e. The molecule has 1 atom stereocenters. The lowest BCUT2D eigenvalue weighted by Gasteiger charge is -2.30. The fraction of sp³-hybridized carbons (Fsp3) is 0.148. The fourth-order valence-corrected chi connectivity index (χ4v) is 4.00. The largest absolute Gasteiger partial charge is 0.497 e. The van der Waals surface area contributed by atoms with Gasteiger partial charge in [0.15, 0.2) is 10.9 Å². The first-order valence-electron chi connectivity index (χ1n) is 11.1. The molecule has 0 bridgehead atoms. The molecule has 0 spiro atoms. The van der Waals surface area contributed by atoms with E-state index < -0.39 is 17.8 Å². The van der Waals surface area contributed by atoms with Crippen LogP contribution < -0.4 is 15.4 Å². The molecule has 0 amide bonds. The van der Waals surface area contributed by atoms with Crippen LogP contribution in [0.3, 0.4) is 0 Å². The highest BCUT2D eigenvalue weighted by Gasteiger charge is 2.36. The first kappa shape index (κ1) is 24.6. The van der Waals surface area contributed by atoms with Gasteiger partial charge in [0, 0.05) is 11.1 Å². The maximum atomic E-state index is 13.7. The number of Topliss-reactive ketones (excluding diaryl/α,β-unsaturated/α-hetero) is 1. The van der Waals surface area contributed by atoms with Gasteiger partial charge in [0.1, 0.15) is 17.5 Å². The molecule has 1 aromatic heterocycles. The van der Waals surface area contributed by atoms with Crippen LogP contribution in [0.5, 0.6) is 5.75 Å². The van der Waals surface area contributed by atoms with E-state index in [1.807, 2.05) is 12.1 Å². The minimum absolute atomic E-state index is 0.0306. The van der Waals surface area contributed by atoms with Gasteiger partial charge in [-0.3, -0.25) is 9.78 Å². The molecule has 2 N–H and O–H groups in total. The van der Waals surface area contributed by atoms with E-state index in [4.69, 9.17) is 31.9 Å². The Hall–Kier alpha value is -4.55. The lowest BCUT2D eigenvalue weighted by atomic mass is 9.91. The summed E-state index contributed by atoms with van der Waals surface area (Å²) >= 11 is 5.36. The van der Waals surface area contributed by atoms with Crippen molar-refractivity contribution in [3.05, 3.63) is 94.8 Å². The van der Waals surface area contributed by atoms with E-state index in [9.17, 15) is 9.59 Å². The first-order valence-corrected chi connectivity index (χ1v) is 11.5. The Balaban J connectivity index is 1.82. The molecule has 1 aliphatic heterocycles. The van der Waals surface area contributed by atoms with Crippen LogP contribution in [0.1, 0.15) is 34.6 Å². The Kier molecular flexibility index (Phi) is 7.37. The van der Waals surface area contributed by atoms with E-state index in [0.717, 1.165) is 5.56 Å². The molecular formula is C27H22N4O4S. The number of thiocarbonyl (C=S) groups is 1. The van der Waals surface area contributed by atoms with Gasteiger partial charge in [-0.05, 0) is 67.7 Å². The van der Waals surface area contributed by atoms with Crippen LogP contribution in [0.15, 0.2) is 78.0 Å². The molecular weight excluding hydrogens is 476 g/mol. The third-order valence-corrected chi connectivity index (χ3v) is 5.74. The molecule has 2 heterocycles. The standard InChI is InChI=1S/C27H22N4O4S/c1-3-35-26(33)24-22(25(32)18-11-13-19(34-2)14-12-18)23(30-27(36)31-24)21-6-4-5-20(29-21)17-9-7-16(15-28)8-10-17/h4-14,23H,3H2,1-2H3,(H2,30,31,36). The number of benzene rings is 2. The number of pyridine rings is 1. The average Bonchev–Trinajstić information content (AvgIpc) is 2.92. The molecule has 0 saturated heterocycles. The predicted molar refractivity (Wildman–Crippen MR) is 137 cm³/mol. The van der Waals surface area contributed by atoms with E-state index in [-0.39, 0.29) is 23.0 Å². The summed E-state index contributed by atoms with van der Waals surface area (Å²) in [5, 5.41) is 15.1. The highest BCUT2D eigenvalue weighted by molar-refractivity contribution is 7.80. The van der Waals surface area contributed by atoms with Gasteiger partial charge in [0.05, 0.1) is 42.3 Å². The molecule has 0 saturated carbocycles. The zero-order valence-electron chi connectivity index (χ0n) is 19.6. The molecule has 0 aliphatic carbocycles. The number of carbonyl (C=O) groups is 2. The molecule has 0 fully saturated rings. The number of esters is 1. The molecule has 36 heavy (non-hydrogen) atoms. The summed E-state index contributed by atoms with van der Waals surface area (Å²) in [5.41, 5.74) is 2.92. The molecule has 1 aliphatic rings. The summed E-state index contributed by atoms with van der Waals surface area (Å²) in [5.74, 6) is -0.481. The Bertz CT molecular complexity index is 1390. The zero-order valence-corrected chi connectivity index (χ0v) is 20.4. The van der Waals surface area contributed by atoms with Crippen LogP contribution in [0.2, 0.25) is 0 Å². The van der Waals surface area contributed by atoms with Crippen molar-refractivity contribution in [3.8, 4) is 23.1 Å². The van der Waals surface area contributed by atoms with Gasteiger partial charge in [0.2, 0.25) is 0 Å². The van der Waals surface area contributed by atoms with Gasteiger partial charge in [0.25, 0.3) is 0 Å². The molecule has 3 aromatic rings. The average molecular weight is 499 g/mol. The molecule has 0 radical (unpaired) electrons. The third-order valence-electron chi connectivity index (χ3n) is 5.52. The Morgan fingerprint density at radius 1 is 1.08 bits per heavy atom. The minimum Gasteiger partial charge on any atom is -0.497 e. The first-order chi connectivity index (χ1) is 17.4. The highest BCUT2D eigenvalue weighted by atomic mass is 32.1. The van der Waals surface area contributed by atoms with Crippen molar-refractivity contribution in [2.75, 3.05) is 13.7 Å². The van der Waals surface area contributed by atoms with E-state index in [1.54, 1.807) is 61.5 Å². The van der Waals surface area contributed by atoms with Crippen LogP contribution in [0, 0.1) is 11.3 Å². The summed E-state index contributed by atoms with van der Waals surface area (Å²) in [6, 6.07) is 20.3. The number of ketones is 1. The van der Waals surface area contributed by atoms with Gasteiger partial charge >= 0.3 is 5.97 Å². The van der Waals surface area contributed by atoms with Gasteiger partial charge in [-0.2, -0.15) is 5.26 Å². The third kappa shape index (κ3) is 5.09. The highest BCUT2D eigenvalue weighted by Crippen LogP contribution is 2.31. The molecule has 9 heteroatoms. The van der Waals surface area contributed by atoms with Gasteiger partial charge < -0.3 is 20.1 Å². The summed E-state index contributed by atoms with van der Waals surface area (Å²) in [6.07, 6.45) is 0. The van der Waals surface area contributed by atoms with Crippen molar-refractivity contribution in [2.45, 2.75) is 13.0 Å². The van der Waals surface area contributed by atoms with Crippen molar-refractivity contribution in [2.24, 2.45) is 0 Å². The second kappa shape index (κ2) is 10.8. The van der Waals surface area contributed by atoms with Crippen LogP contribution >= 0.6 is 12.2 Å². The number of aromatic nitrogens is 1. The monoisotopic (exact) mass is 498 g/mol. The normalized spacial score (nSPS) is 14.8. The lowest BCUT2D eigenvalue weighted by molar-refractivity contribution is -0.138. The summed E-state index contributed by atoms with van der Waals surface area (Å²) in [6.45, 7) is 1.81. The van der Waals surface area contributed by atoms with E-state index in [2.05, 4.69) is 16.7 Å². The Morgan fingerprint density at radius 3 is 2.44 bits per heavy atom. The number of hydrogen-bond acceptors (Lipinski definition) is 7. The van der Waals surface area contributed by atoms with Crippen molar-refractivity contribution >= 4 is 29.1 Å².